The third-order valence-corrected chi connectivity index (χ3v) is 16.1. The third-order valence-electron chi connectivity index (χ3n) is 16.1. The van der Waals surface area contributed by atoms with E-state index in [1.165, 1.54) is 0 Å². The largest absolute Gasteiger partial charge is 0.422 e. The van der Waals surface area contributed by atoms with Crippen LogP contribution in [0.15, 0.2) is 0 Å². The second-order valence-corrected chi connectivity index (χ2v) is 31.4. The van der Waals surface area contributed by atoms with Crippen LogP contribution in [0.4, 0.5) is 19.2 Å². The van der Waals surface area contributed by atoms with Crippen molar-refractivity contribution in [3.8, 4) is 0 Å². The number of rotatable bonds is 64. The van der Waals surface area contributed by atoms with Crippen LogP contribution >= 0.6 is 0 Å². The molecule has 12 amide bonds. The molecule has 0 saturated heterocycles. The van der Waals surface area contributed by atoms with Gasteiger partial charge in [0, 0.05) is 0 Å². The van der Waals surface area contributed by atoms with Crippen molar-refractivity contribution in [3.05, 3.63) is 0 Å². The van der Waals surface area contributed by atoms with E-state index in [1.807, 2.05) is 0 Å². The van der Waals surface area contributed by atoms with Gasteiger partial charge in [0.2, 0.25) is 47.3 Å². The molecule has 0 saturated carbocycles. The minimum atomic E-state index is -2.13. The summed E-state index contributed by atoms with van der Waals surface area (Å²) in [5.74, 6) is -11.3. The van der Waals surface area contributed by atoms with Crippen molar-refractivity contribution in [1.82, 2.24) is 63.8 Å². The number of aldehydes is 8. The summed E-state index contributed by atoms with van der Waals surface area (Å²) in [6.07, 6.45) is -20.5. The zero-order valence-corrected chi connectivity index (χ0v) is 69.6. The monoisotopic (exact) mass is 1680 g/mol. The van der Waals surface area contributed by atoms with Crippen LogP contribution in [-0.2, 0) is 115 Å². The summed E-state index contributed by atoms with van der Waals surface area (Å²) in [6.45, 7) is 18.0. The first kappa shape index (κ1) is 92.5. The first-order chi connectivity index (χ1) is 58.0. The minimum Gasteiger partial charge on any atom is -0.422 e. The van der Waals surface area contributed by atoms with Gasteiger partial charge in [0.1, 0.15) is 85.2 Å². The van der Waals surface area contributed by atoms with Gasteiger partial charge in [0.25, 0.3) is 0 Å². The van der Waals surface area contributed by atoms with E-state index in [-0.39, 0.29) is 98.7 Å². The van der Waals surface area contributed by atoms with Crippen molar-refractivity contribution >= 4 is 122 Å². The van der Waals surface area contributed by atoms with E-state index in [4.69, 9.17) is 48.9 Å². The van der Waals surface area contributed by atoms with Crippen LogP contribution in [0.25, 0.3) is 0 Å². The molecule has 0 aliphatic rings. The van der Waals surface area contributed by atoms with Gasteiger partial charge < -0.3 is 140 Å². The molecule has 117 heavy (non-hydrogen) atoms. The average Bonchev–Trinajstić information content (AvgIpc) is 0.875. The quantitative estimate of drug-likeness (QED) is 0.0178. The smallest absolute Gasteiger partial charge is 0.409 e. The van der Waals surface area contributed by atoms with Gasteiger partial charge >= 0.3 is 24.4 Å². The summed E-state index contributed by atoms with van der Waals surface area (Å²) in [5.41, 5.74) is -2.13. The van der Waals surface area contributed by atoms with Crippen LogP contribution in [0.3, 0.4) is 0 Å². The van der Waals surface area contributed by atoms with Crippen LogP contribution in [0.2, 0.25) is 0 Å². The zero-order valence-electron chi connectivity index (χ0n) is 77.6. The Bertz CT molecular complexity index is 3170. The highest BCUT2D eigenvalue weighted by atomic mass is 16.7. The Kier molecular flexibility index (Phi) is 47.2. The zero-order chi connectivity index (χ0) is 95.9. The fourth-order valence-electron chi connectivity index (χ4n) is 10.9. The van der Waals surface area contributed by atoms with Gasteiger partial charge in [0.15, 0.2) is 27.2 Å². The molecule has 40 nitrogen and oxygen atoms in total. The topological polar surface area (TPSA) is 560 Å². The van der Waals surface area contributed by atoms with Gasteiger partial charge in [-0.2, -0.15) is 0 Å². The first-order valence-corrected chi connectivity index (χ1v) is 38.5. The Hall–Kier alpha value is -9.96. The van der Waals surface area contributed by atoms with E-state index in [0.717, 1.165) is 0 Å². The first-order valence-electron chi connectivity index (χ1n) is 42.5. The molecule has 12 unspecified atom stereocenters. The molecule has 0 aliphatic heterocycles. The number of hydrogen-bond donors (Lipinski definition) is 12. The number of nitrogens with one attached hydrogen (secondary N) is 12. The SMILES string of the molecule is [2H]C(=O)C(CC(C)C)NC(=O)CC(NC(=O)OCOCC(COCOC(=O)NC(CC(=O)NC(CC(C)C)C([2H])=O)C(=O)NC(CC(C)C)C([2H])=O)(COCOC(=O)NC(CC(=O)NC(CC(C)C)C([2H])=O)C(=O)NC(CC(C)C)C([2H])=O)COCOC(=O)NC(CC(=O)NC(CC(C)C)C([2H])=O)C(=O)NC(CC(C)C)C([2H])=O)C(=O)NC(CC(C)C)C([2H])=O. The summed E-state index contributed by atoms with van der Waals surface area (Å²) >= 11 is 0. The number of alkyl carbamates (subject to hydrolysis) is 4. The molecule has 12 N–H and O–H groups in total. The van der Waals surface area contributed by atoms with Gasteiger partial charge in [-0.05, 0) is 98.7 Å². The number of carbonyl (C=O) groups is 20. The predicted octanol–water partition coefficient (Wildman–Crippen LogP) is 1.65. The van der Waals surface area contributed by atoms with Gasteiger partial charge in [0.05, 0.1) is 106 Å². The molecule has 0 fully saturated rings. The van der Waals surface area contributed by atoms with E-state index in [9.17, 15) is 95.9 Å². The number of hydrogen-bond acceptors (Lipinski definition) is 28. The van der Waals surface area contributed by atoms with E-state index >= 15 is 0 Å². The molecule has 0 aromatic rings. The van der Waals surface area contributed by atoms with Crippen molar-refractivity contribution in [2.24, 2.45) is 52.8 Å². The lowest BCUT2D eigenvalue weighted by Gasteiger charge is -2.32. The van der Waals surface area contributed by atoms with Crippen molar-refractivity contribution < 1.29 is 145 Å². The van der Waals surface area contributed by atoms with Crippen molar-refractivity contribution in [2.75, 3.05) is 53.6 Å². The molecule has 0 spiro atoms. The highest BCUT2D eigenvalue weighted by Gasteiger charge is 2.37. The Labute approximate surface area is 694 Å². The van der Waals surface area contributed by atoms with Crippen LogP contribution in [0.5, 0.6) is 0 Å². The molecule has 0 aliphatic carbocycles. The summed E-state index contributed by atoms with van der Waals surface area (Å²) < 4.78 is 106. The summed E-state index contributed by atoms with van der Waals surface area (Å²) in [4.78, 5) is 263. The van der Waals surface area contributed by atoms with E-state index in [2.05, 4.69) is 63.8 Å². The molecular formula is C77H128N12O28. The predicted molar refractivity (Wildman–Crippen MR) is 417 cm³/mol. The van der Waals surface area contributed by atoms with Crippen LogP contribution in [0.1, 0.15) is 199 Å². The average molecular weight is 1680 g/mol. The van der Waals surface area contributed by atoms with Gasteiger partial charge in [-0.1, -0.05) is 111 Å². The Balaban J connectivity index is 8.45. The molecule has 664 valence electrons. The van der Waals surface area contributed by atoms with E-state index in [0.29, 0.717) is 0 Å². The van der Waals surface area contributed by atoms with Crippen molar-refractivity contribution in [2.45, 2.75) is 260 Å². The number of ether oxygens (including phenoxy) is 8. The standard InChI is InChI=1S/C77H128N12O28/c1-45(2)17-53(29-90)78-65(98)25-61(69(102)82-57(33-94)21-49(9)10)86-73(106)114-41-110-37-77(38-111-42-115-74(107)87-62(70(103)83-58(34-95)22-50(11)12)26-66(99)79-54(30-91)18-46(3)4,39-112-43-116-75(108)88-63(71(104)84-59(35-96)23-51(13)14)27-67(100)80-55(31-92)19-47(5)6)40-113-44-117-76(109)89-64(72(105)85-60(36-97)24-52(15)16)28-68(101)81-56(32-93)20-48(7)8/h29-36,45-64H,17-28,37-44H2,1-16H3,(H,78,98)(H,79,99)(H,80,100)(H,81,101)(H,82,102)(H,83,103)(H,84,104)(H,85,105)(H,86,106)(H,87,107)(H,88,108)(H,89,109)/i29D,30D,31D,32D,33D,34D,35D,36D. The molecule has 0 radical (unpaired) electrons. The Morgan fingerprint density at radius 3 is 0.530 bits per heavy atom. The van der Waals surface area contributed by atoms with Crippen LogP contribution in [0, 0.1) is 52.8 Å². The maximum Gasteiger partial charge on any atom is 0.409 e. The van der Waals surface area contributed by atoms with Crippen LogP contribution in [-0.4, -0.2) is 248 Å². The lowest BCUT2D eigenvalue weighted by Crippen LogP contribution is -2.53. The Morgan fingerprint density at radius 2 is 0.393 bits per heavy atom. The second kappa shape index (κ2) is 59.7. The highest BCUT2D eigenvalue weighted by Crippen LogP contribution is 2.22. The fraction of sp³-hybridized carbons (Fsp3) is 0.740. The van der Waals surface area contributed by atoms with Gasteiger partial charge in [-0.25, -0.2) is 19.2 Å². The third kappa shape index (κ3) is 51.0. The van der Waals surface area contributed by atoms with Crippen LogP contribution < -0.4 is 63.8 Å². The lowest BCUT2D eigenvalue weighted by atomic mass is 9.92. The molecule has 40 heteroatoms. The summed E-state index contributed by atoms with van der Waals surface area (Å²) in [7, 11) is 0. The number of amides is 12. The van der Waals surface area contributed by atoms with Crippen molar-refractivity contribution in [3.63, 3.8) is 0 Å². The summed E-state index contributed by atoms with van der Waals surface area (Å²) in [6, 6.07) is -19.3. The Morgan fingerprint density at radius 1 is 0.248 bits per heavy atom. The van der Waals surface area contributed by atoms with E-state index in [1.54, 1.807) is 111 Å². The molecule has 0 aromatic heterocycles. The number of carbonyl (C=O) groups excluding carboxylic acids is 20. The minimum absolute atomic E-state index is 0.0319. The van der Waals surface area contributed by atoms with Crippen molar-refractivity contribution in [1.29, 1.82) is 0 Å². The fourth-order valence-corrected chi connectivity index (χ4v) is 10.9. The normalized spacial score (nSPS) is 15.9. The highest BCUT2D eigenvalue weighted by molar-refractivity contribution is 5.96. The maximum atomic E-state index is 13.9. The molecule has 0 bridgehead atoms. The second-order valence-electron chi connectivity index (χ2n) is 31.4. The maximum absolute atomic E-state index is 13.9. The van der Waals surface area contributed by atoms with Gasteiger partial charge in [-0.15, -0.1) is 0 Å². The summed E-state index contributed by atoms with van der Waals surface area (Å²) in [5, 5.41) is 26.9. The molecule has 0 heterocycles. The molecule has 12 atom stereocenters. The van der Waals surface area contributed by atoms with E-state index < -0.39 is 279 Å². The van der Waals surface area contributed by atoms with Gasteiger partial charge in [-0.3, -0.25) is 38.4 Å². The molecule has 0 rings (SSSR count). The molecule has 0 aromatic carbocycles. The lowest BCUT2D eigenvalue weighted by molar-refractivity contribution is -0.165. The molecular weight excluding hydrogens is 1540 g/mol.